The summed E-state index contributed by atoms with van der Waals surface area (Å²) in [6.07, 6.45) is 13.9. The molecule has 21 heteroatoms. The van der Waals surface area contributed by atoms with Gasteiger partial charge in [-0.1, -0.05) is 61.9 Å². The van der Waals surface area contributed by atoms with E-state index in [0.717, 1.165) is 27.2 Å². The minimum Gasteiger partial charge on any atom is -0.354 e. The smallest absolute Gasteiger partial charge is 0.327 e. The van der Waals surface area contributed by atoms with E-state index in [1.807, 2.05) is 87.2 Å². The number of aromatic nitrogens is 1. The Morgan fingerprint density at radius 3 is 2.19 bits per heavy atom. The Kier molecular flexibility index (Phi) is 15.8. The summed E-state index contributed by atoms with van der Waals surface area (Å²) in [7, 11) is -13.0. The number of unbranched alkanes of at least 4 members (excludes halogenated alkanes) is 1. The van der Waals surface area contributed by atoms with Crippen molar-refractivity contribution in [1.29, 1.82) is 0 Å². The van der Waals surface area contributed by atoms with E-state index >= 15 is 0 Å². The lowest BCUT2D eigenvalue weighted by Gasteiger charge is -2.27. The molecular weight excluding hydrogens is 958 g/mol. The highest BCUT2D eigenvalue weighted by atomic mass is 35.5. The molecule has 1 aromatic heterocycles. The van der Waals surface area contributed by atoms with Gasteiger partial charge in [-0.2, -0.15) is 25.3 Å². The van der Waals surface area contributed by atoms with Crippen LogP contribution in [0.15, 0.2) is 107 Å². The fraction of sp³-hybridized carbons (Fsp3) is 0.383. The number of benzene rings is 2. The number of aliphatic imine (C=N–C) groups is 1. The summed E-state index contributed by atoms with van der Waals surface area (Å²) >= 11 is 6.56. The van der Waals surface area contributed by atoms with Crippen LogP contribution in [0.2, 0.25) is 5.02 Å². The minimum atomic E-state index is -4.57. The van der Waals surface area contributed by atoms with Gasteiger partial charge in [0.25, 0.3) is 42.2 Å². The second kappa shape index (κ2) is 20.7. The number of rotatable bonds is 21. The van der Waals surface area contributed by atoms with Crippen LogP contribution < -0.4 is 14.8 Å². The van der Waals surface area contributed by atoms with Crippen molar-refractivity contribution in [3.8, 4) is 0 Å². The van der Waals surface area contributed by atoms with E-state index in [0.29, 0.717) is 52.8 Å². The Balaban J connectivity index is 1.32. The zero-order valence-corrected chi connectivity index (χ0v) is 41.3. The molecule has 4 heterocycles. The van der Waals surface area contributed by atoms with Crippen LogP contribution in [0.5, 0.6) is 0 Å². The van der Waals surface area contributed by atoms with E-state index in [-0.39, 0.29) is 56.2 Å². The Hall–Kier alpha value is -5.35. The number of carbonyl (C=O) groups excluding carboxylic acids is 3. The van der Waals surface area contributed by atoms with E-state index in [4.69, 9.17) is 16.6 Å². The average Bonchev–Trinajstić information content (AvgIpc) is 3.78. The molecule has 3 aliphatic heterocycles. The molecule has 68 heavy (non-hydrogen) atoms. The third kappa shape index (κ3) is 12.8. The van der Waals surface area contributed by atoms with Crippen LogP contribution in [0.3, 0.4) is 0 Å². The highest BCUT2D eigenvalue weighted by Crippen LogP contribution is 2.49. The van der Waals surface area contributed by atoms with E-state index in [1.54, 1.807) is 16.8 Å². The monoisotopic (exact) mass is 1010 g/mol. The minimum absolute atomic E-state index is 0.0412. The summed E-state index contributed by atoms with van der Waals surface area (Å²) in [4.78, 5) is 43.8. The molecule has 0 unspecified atom stereocenters. The van der Waals surface area contributed by atoms with Gasteiger partial charge in [-0.05, 0) is 103 Å². The van der Waals surface area contributed by atoms with Crippen LogP contribution >= 0.6 is 11.6 Å². The Morgan fingerprint density at radius 1 is 0.824 bits per heavy atom. The number of imide groups is 1. The maximum atomic E-state index is 12.6. The second-order valence-corrected chi connectivity index (χ2v) is 22.8. The summed E-state index contributed by atoms with van der Waals surface area (Å²) in [5.74, 6) is -1.38. The van der Waals surface area contributed by atoms with E-state index in [2.05, 4.69) is 5.32 Å². The molecule has 0 saturated heterocycles. The zero-order valence-electron chi connectivity index (χ0n) is 38.1. The predicted octanol–water partition coefficient (Wildman–Crippen LogP) is 5.87. The topological polar surface area (TPSA) is 249 Å². The predicted molar refractivity (Wildman–Crippen MR) is 259 cm³/mol. The van der Waals surface area contributed by atoms with Gasteiger partial charge in [0.2, 0.25) is 5.91 Å². The van der Waals surface area contributed by atoms with E-state index < -0.39 is 64.5 Å². The number of anilines is 1. The number of carbonyl (C=O) groups is 3. The molecule has 0 bridgehead atoms. The molecule has 2 aromatic carbocycles. The molecule has 3 amide bonds. The number of pyridine rings is 1. The molecule has 0 aliphatic carbocycles. The first-order valence-corrected chi connectivity index (χ1v) is 26.9. The van der Waals surface area contributed by atoms with E-state index in [9.17, 15) is 53.3 Å². The number of nitrogens with zero attached hydrogens (tertiary/aromatic N) is 4. The van der Waals surface area contributed by atoms with Crippen LogP contribution in [0.1, 0.15) is 82.1 Å². The maximum Gasteiger partial charge on any atom is 0.327 e. The van der Waals surface area contributed by atoms with Gasteiger partial charge in [-0.15, -0.1) is 0 Å². The van der Waals surface area contributed by atoms with Crippen LogP contribution in [0.25, 0.3) is 5.57 Å². The fourth-order valence-electron chi connectivity index (χ4n) is 8.53. The standard InChI is InChI=1S/C47H54ClN5O12S3/c1-46(2)38-29-35(48)31-51(23-8-26-66(57,58)59)45(38)50-40(46)18-14-33(34-12-7-11-32(28-34)10-5-6-13-42(54)49-22-25-53-43(55)20-21-44(53)56)15-19-41-47(3,4)37-30-36(68(63,64)65)16-17-39(37)52(41)24-9-27-67(60,61)62/h7,11-12,14-21,28-31H,5-6,8-10,13,22-27H2,1-4H3,(H3-,49,54,57,58,59,60,61,62,63,64,65)/p+1. The van der Waals surface area contributed by atoms with Gasteiger partial charge in [0, 0.05) is 61.4 Å². The third-order valence-corrected chi connectivity index (χ3v) is 14.8. The highest BCUT2D eigenvalue weighted by molar-refractivity contribution is 7.86. The van der Waals surface area contributed by atoms with Crippen molar-refractivity contribution < 1.29 is 57.9 Å². The summed E-state index contributed by atoms with van der Waals surface area (Å²) in [6, 6.07) is 13.9. The normalized spacial score (nSPS) is 17.4. The first-order chi connectivity index (χ1) is 31.7. The van der Waals surface area contributed by atoms with Crippen molar-refractivity contribution >= 4 is 82.5 Å². The first kappa shape index (κ1) is 52.0. The number of nitrogens with one attached hydrogen (secondary N) is 1. The molecule has 3 aromatic rings. The molecule has 4 N–H and O–H groups in total. The second-order valence-electron chi connectivity index (χ2n) is 17.8. The number of hydrogen-bond donors (Lipinski definition) is 4. The van der Waals surface area contributed by atoms with Gasteiger partial charge in [-0.3, -0.25) is 32.9 Å². The lowest BCUT2D eigenvalue weighted by Crippen LogP contribution is -2.38. The number of fused-ring (bicyclic) bond motifs is 2. The lowest BCUT2D eigenvalue weighted by atomic mass is 9.81. The maximum absolute atomic E-state index is 12.6. The summed E-state index contributed by atoms with van der Waals surface area (Å²) in [6.45, 7) is 8.35. The van der Waals surface area contributed by atoms with Crippen molar-refractivity contribution in [2.24, 2.45) is 4.99 Å². The van der Waals surface area contributed by atoms with Gasteiger partial charge in [0.15, 0.2) is 5.71 Å². The SMILES string of the molecule is CC1(C)C(=CC=C(C=CC2=Nc3c(cc(Cl)c[n+]3CCCS(=O)(=O)O)C2(C)C)c2cccc(CCCCC(=O)NCCN3C(=O)C=CC3=O)c2)N(CCCS(=O)(=O)O)c2ccc(S(=O)(=O)O)cc21. The van der Waals surface area contributed by atoms with Crippen molar-refractivity contribution in [2.45, 2.75) is 88.5 Å². The quantitative estimate of drug-likeness (QED) is 0.0321. The van der Waals surface area contributed by atoms with E-state index in [1.165, 1.54) is 24.3 Å². The summed E-state index contributed by atoms with van der Waals surface area (Å²) in [5, 5.41) is 3.18. The molecule has 0 atom stereocenters. The van der Waals surface area contributed by atoms with Crippen molar-refractivity contribution in [1.82, 2.24) is 10.2 Å². The average molecular weight is 1010 g/mol. The van der Waals surface area contributed by atoms with Gasteiger partial charge in [0.1, 0.15) is 6.20 Å². The summed E-state index contributed by atoms with van der Waals surface area (Å²) < 4.78 is 102. The van der Waals surface area contributed by atoms with Crippen molar-refractivity contribution in [2.75, 3.05) is 36.0 Å². The van der Waals surface area contributed by atoms with Gasteiger partial charge >= 0.3 is 5.82 Å². The van der Waals surface area contributed by atoms with Gasteiger partial charge < -0.3 is 10.2 Å². The van der Waals surface area contributed by atoms with Crippen LogP contribution in [0.4, 0.5) is 11.5 Å². The number of aryl methyl sites for hydroxylation is 2. The highest BCUT2D eigenvalue weighted by Gasteiger charge is 2.43. The molecule has 3 aliphatic rings. The number of amides is 3. The molecule has 364 valence electrons. The Labute approximate surface area is 402 Å². The molecule has 0 spiro atoms. The van der Waals surface area contributed by atoms with Gasteiger partial charge in [0.05, 0.1) is 38.9 Å². The Bertz CT molecular complexity index is 3000. The molecule has 6 rings (SSSR count). The summed E-state index contributed by atoms with van der Waals surface area (Å²) in [5.41, 5.74) is 4.32. The molecular formula is C47H55ClN5O12S3+. The van der Waals surface area contributed by atoms with Crippen LogP contribution in [-0.4, -0.2) is 98.4 Å². The largest absolute Gasteiger partial charge is 0.354 e. The van der Waals surface area contributed by atoms with Crippen LogP contribution in [-0.2, 0) is 68.5 Å². The zero-order chi connectivity index (χ0) is 49.8. The number of hydrogen-bond acceptors (Lipinski definition) is 11. The first-order valence-electron chi connectivity index (χ1n) is 21.9. The third-order valence-electron chi connectivity index (χ3n) is 12.1. The fourth-order valence-corrected chi connectivity index (χ4v) is 10.3. The Morgan fingerprint density at radius 2 is 1.51 bits per heavy atom. The molecule has 0 radical (unpaired) electrons. The number of allylic oxidation sites excluding steroid dienone is 6. The molecule has 0 fully saturated rings. The number of halogens is 1. The lowest BCUT2D eigenvalue weighted by molar-refractivity contribution is -0.684. The molecule has 17 nitrogen and oxygen atoms in total. The molecule has 0 saturated carbocycles. The van der Waals surface area contributed by atoms with Crippen molar-refractivity contribution in [3.63, 3.8) is 0 Å². The van der Waals surface area contributed by atoms with Gasteiger partial charge in [-0.25, -0.2) is 4.57 Å². The van der Waals surface area contributed by atoms with Crippen molar-refractivity contribution in [3.05, 3.63) is 124 Å². The van der Waals surface area contributed by atoms with Crippen LogP contribution in [0, 0.1) is 0 Å².